The van der Waals surface area contributed by atoms with E-state index in [4.69, 9.17) is 0 Å². The van der Waals surface area contributed by atoms with E-state index in [0.717, 1.165) is 18.7 Å². The number of hydrogen-bond acceptors (Lipinski definition) is 2. The molecule has 2 fully saturated rings. The van der Waals surface area contributed by atoms with Crippen molar-refractivity contribution in [3.63, 3.8) is 0 Å². The summed E-state index contributed by atoms with van der Waals surface area (Å²) in [5, 5.41) is 0. The number of carbonyl (C=O) groups is 1. The number of alkyl halides is 3. The van der Waals surface area contributed by atoms with E-state index in [1.807, 2.05) is 0 Å². The molecule has 1 aliphatic carbocycles. The molecule has 0 aromatic heterocycles. The van der Waals surface area contributed by atoms with Crippen molar-refractivity contribution in [3.05, 3.63) is 70.8 Å². The molecular formula is C27H33F3N2O. The van der Waals surface area contributed by atoms with Gasteiger partial charge in [0.25, 0.3) is 5.91 Å². The van der Waals surface area contributed by atoms with Crippen molar-refractivity contribution in [2.45, 2.75) is 57.2 Å². The van der Waals surface area contributed by atoms with Gasteiger partial charge in [0.1, 0.15) is 0 Å². The lowest BCUT2D eigenvalue weighted by atomic mass is 9.87. The van der Waals surface area contributed by atoms with E-state index in [-0.39, 0.29) is 23.3 Å². The zero-order valence-corrected chi connectivity index (χ0v) is 19.4. The van der Waals surface area contributed by atoms with Crippen molar-refractivity contribution in [1.82, 2.24) is 9.80 Å². The maximum atomic E-state index is 13.2. The Morgan fingerprint density at radius 1 is 1.03 bits per heavy atom. The average molecular weight is 459 g/mol. The van der Waals surface area contributed by atoms with Crippen LogP contribution in [0.25, 0.3) is 0 Å². The second kappa shape index (κ2) is 9.88. The standard InChI is InChI=1S/C27H33F3N2O/c1-19-11-13-20(14-12-19)25-18-32(17-22(25)16-31(2)24-9-4-3-5-10-24)26(33)21-7-6-8-23(15-21)27(28,29)30/h6-8,11-15,22,24-25H,3-5,9-10,16-18H2,1-2H3/t22-,25+/m0/s1. The van der Waals surface area contributed by atoms with Crippen molar-refractivity contribution in [1.29, 1.82) is 0 Å². The molecule has 2 aliphatic rings. The van der Waals surface area contributed by atoms with Gasteiger partial charge in [0.05, 0.1) is 5.56 Å². The first-order chi connectivity index (χ1) is 15.7. The highest BCUT2D eigenvalue weighted by Crippen LogP contribution is 2.36. The van der Waals surface area contributed by atoms with E-state index < -0.39 is 11.7 Å². The molecule has 2 aromatic rings. The van der Waals surface area contributed by atoms with Gasteiger partial charge in [-0.15, -0.1) is 0 Å². The number of aryl methyl sites for hydroxylation is 1. The topological polar surface area (TPSA) is 23.6 Å². The van der Waals surface area contributed by atoms with Crippen LogP contribution >= 0.6 is 0 Å². The molecule has 1 amide bonds. The summed E-state index contributed by atoms with van der Waals surface area (Å²) in [6.45, 7) is 4.03. The van der Waals surface area contributed by atoms with Crippen LogP contribution in [0.1, 0.15) is 65.1 Å². The molecule has 0 unspecified atom stereocenters. The number of carbonyl (C=O) groups excluding carboxylic acids is 1. The first kappa shape index (κ1) is 23.8. The summed E-state index contributed by atoms with van der Waals surface area (Å²) in [5.74, 6) is 0.0989. The lowest BCUT2D eigenvalue weighted by Gasteiger charge is -2.34. The fourth-order valence-electron chi connectivity index (χ4n) is 5.47. The lowest BCUT2D eigenvalue weighted by molar-refractivity contribution is -0.137. The van der Waals surface area contributed by atoms with Crippen LogP contribution in [0.4, 0.5) is 13.2 Å². The van der Waals surface area contributed by atoms with Crippen molar-refractivity contribution < 1.29 is 18.0 Å². The highest BCUT2D eigenvalue weighted by molar-refractivity contribution is 5.94. The van der Waals surface area contributed by atoms with E-state index in [1.54, 1.807) is 4.90 Å². The first-order valence-corrected chi connectivity index (χ1v) is 12.0. The number of benzene rings is 2. The minimum Gasteiger partial charge on any atom is -0.338 e. The van der Waals surface area contributed by atoms with Gasteiger partial charge in [-0.3, -0.25) is 4.79 Å². The SMILES string of the molecule is Cc1ccc([C@H]2CN(C(=O)c3cccc(C(F)(F)F)c3)C[C@@H]2CN(C)C2CCCCC2)cc1. The summed E-state index contributed by atoms with van der Waals surface area (Å²) in [7, 11) is 2.18. The van der Waals surface area contributed by atoms with Gasteiger partial charge >= 0.3 is 6.18 Å². The smallest absolute Gasteiger partial charge is 0.338 e. The molecule has 178 valence electrons. The molecule has 2 atom stereocenters. The Kier molecular flexibility index (Phi) is 7.13. The fourth-order valence-corrected chi connectivity index (χ4v) is 5.47. The number of amides is 1. The monoisotopic (exact) mass is 458 g/mol. The van der Waals surface area contributed by atoms with E-state index in [9.17, 15) is 18.0 Å². The predicted molar refractivity (Wildman–Crippen MR) is 124 cm³/mol. The average Bonchev–Trinajstić information content (AvgIpc) is 3.23. The summed E-state index contributed by atoms with van der Waals surface area (Å²) in [4.78, 5) is 17.4. The highest BCUT2D eigenvalue weighted by atomic mass is 19.4. The van der Waals surface area contributed by atoms with Gasteiger partial charge < -0.3 is 9.80 Å². The zero-order chi connectivity index (χ0) is 23.6. The zero-order valence-electron chi connectivity index (χ0n) is 19.4. The van der Waals surface area contributed by atoms with Gasteiger partial charge in [0, 0.05) is 37.2 Å². The summed E-state index contributed by atoms with van der Waals surface area (Å²) in [5.41, 5.74) is 1.71. The van der Waals surface area contributed by atoms with E-state index in [0.29, 0.717) is 19.1 Å². The van der Waals surface area contributed by atoms with E-state index >= 15 is 0 Å². The Hall–Kier alpha value is -2.34. The Morgan fingerprint density at radius 3 is 2.39 bits per heavy atom. The summed E-state index contributed by atoms with van der Waals surface area (Å²) in [6.07, 6.45) is 1.80. The Labute approximate surface area is 194 Å². The van der Waals surface area contributed by atoms with Crippen LogP contribution in [0, 0.1) is 12.8 Å². The molecule has 4 rings (SSSR count). The van der Waals surface area contributed by atoms with Crippen LogP contribution in [0.15, 0.2) is 48.5 Å². The second-order valence-electron chi connectivity index (χ2n) is 9.80. The summed E-state index contributed by atoms with van der Waals surface area (Å²) < 4.78 is 39.5. The maximum absolute atomic E-state index is 13.2. The second-order valence-corrected chi connectivity index (χ2v) is 9.80. The van der Waals surface area contributed by atoms with Gasteiger partial charge in [-0.2, -0.15) is 13.2 Å². The molecule has 0 N–H and O–H groups in total. The molecule has 0 bridgehead atoms. The molecular weight excluding hydrogens is 425 g/mol. The number of nitrogens with zero attached hydrogens (tertiary/aromatic N) is 2. The first-order valence-electron chi connectivity index (χ1n) is 12.0. The lowest BCUT2D eigenvalue weighted by Crippen LogP contribution is -2.39. The van der Waals surface area contributed by atoms with Crippen LogP contribution in [-0.2, 0) is 6.18 Å². The third kappa shape index (κ3) is 5.60. The summed E-state index contributed by atoms with van der Waals surface area (Å²) in [6, 6.07) is 13.8. The van der Waals surface area contributed by atoms with Gasteiger partial charge in [-0.1, -0.05) is 55.2 Å². The molecule has 0 spiro atoms. The molecule has 1 saturated carbocycles. The van der Waals surface area contributed by atoms with Crippen molar-refractivity contribution >= 4 is 5.91 Å². The number of rotatable bonds is 5. The van der Waals surface area contributed by atoms with Crippen molar-refractivity contribution in [2.75, 3.05) is 26.7 Å². The minimum atomic E-state index is -4.46. The molecule has 6 heteroatoms. The normalized spacial score (nSPS) is 22.2. The van der Waals surface area contributed by atoms with Gasteiger partial charge in [0.2, 0.25) is 0 Å². The molecule has 0 radical (unpaired) electrons. The van der Waals surface area contributed by atoms with Gasteiger partial charge in [-0.05, 0) is 56.5 Å². The minimum absolute atomic E-state index is 0.105. The molecule has 3 nitrogen and oxygen atoms in total. The molecule has 1 saturated heterocycles. The van der Waals surface area contributed by atoms with Crippen LogP contribution in [-0.4, -0.2) is 48.4 Å². The molecule has 2 aromatic carbocycles. The van der Waals surface area contributed by atoms with Crippen LogP contribution < -0.4 is 0 Å². The van der Waals surface area contributed by atoms with Crippen LogP contribution in [0.3, 0.4) is 0 Å². The number of halogens is 3. The van der Waals surface area contributed by atoms with Crippen LogP contribution in [0.2, 0.25) is 0 Å². The third-order valence-corrected chi connectivity index (χ3v) is 7.39. The molecule has 1 aliphatic heterocycles. The Morgan fingerprint density at radius 2 is 1.73 bits per heavy atom. The number of hydrogen-bond donors (Lipinski definition) is 0. The van der Waals surface area contributed by atoms with E-state index in [2.05, 4.69) is 43.1 Å². The Bertz CT molecular complexity index is 951. The summed E-state index contributed by atoms with van der Waals surface area (Å²) >= 11 is 0. The predicted octanol–water partition coefficient (Wildman–Crippen LogP) is 6.13. The Balaban J connectivity index is 1.55. The molecule has 1 heterocycles. The number of likely N-dealkylation sites (tertiary alicyclic amines) is 1. The largest absolute Gasteiger partial charge is 0.416 e. The van der Waals surface area contributed by atoms with Crippen molar-refractivity contribution in [3.8, 4) is 0 Å². The highest BCUT2D eigenvalue weighted by Gasteiger charge is 2.38. The third-order valence-electron chi connectivity index (χ3n) is 7.39. The fraction of sp³-hybridized carbons (Fsp3) is 0.519. The van der Waals surface area contributed by atoms with E-state index in [1.165, 1.54) is 55.4 Å². The van der Waals surface area contributed by atoms with Gasteiger partial charge in [0.15, 0.2) is 0 Å². The van der Waals surface area contributed by atoms with Crippen molar-refractivity contribution in [2.24, 2.45) is 5.92 Å². The maximum Gasteiger partial charge on any atom is 0.416 e. The van der Waals surface area contributed by atoms with Crippen LogP contribution in [0.5, 0.6) is 0 Å². The molecule has 33 heavy (non-hydrogen) atoms. The van der Waals surface area contributed by atoms with Gasteiger partial charge in [-0.25, -0.2) is 0 Å². The quantitative estimate of drug-likeness (QED) is 0.538.